The molecule has 86 valence electrons. The normalized spacial score (nSPS) is 30.1. The smallest absolute Gasteiger partial charge is 0.219 e. The summed E-state index contributed by atoms with van der Waals surface area (Å²) in [5.74, 6) is 1.16. The minimum atomic E-state index is 0.213. The van der Waals surface area contributed by atoms with Crippen molar-refractivity contribution in [2.24, 2.45) is 21.0 Å². The van der Waals surface area contributed by atoms with Crippen LogP contribution in [-0.2, 0) is 4.74 Å². The summed E-state index contributed by atoms with van der Waals surface area (Å²) in [7, 11) is 0. The van der Waals surface area contributed by atoms with Gasteiger partial charge in [0.15, 0.2) is 0 Å². The maximum absolute atomic E-state index is 5.84. The van der Waals surface area contributed by atoms with E-state index in [1.165, 1.54) is 0 Å². The first-order valence-electron chi connectivity index (χ1n) is 5.54. The Kier molecular flexibility index (Phi) is 2.65. The lowest BCUT2D eigenvalue weighted by molar-refractivity contribution is 0.0563. The summed E-state index contributed by atoms with van der Waals surface area (Å²) in [4.78, 5) is 8.40. The van der Waals surface area contributed by atoms with Crippen molar-refractivity contribution in [3.05, 3.63) is 0 Å². The van der Waals surface area contributed by atoms with Crippen LogP contribution in [0.2, 0.25) is 0 Å². The summed E-state index contributed by atoms with van der Waals surface area (Å²) in [6, 6.07) is 0.399. The number of fused-ring (bicyclic) bond motifs is 1. The molecule has 0 amide bonds. The predicted molar refractivity (Wildman–Crippen MR) is 63.3 cm³/mol. The molecule has 1 atom stereocenters. The van der Waals surface area contributed by atoms with E-state index in [1.807, 2.05) is 11.2 Å². The maximum Gasteiger partial charge on any atom is 0.219 e. The first-order valence-corrected chi connectivity index (χ1v) is 5.92. The number of amidine groups is 2. The molecule has 1 fully saturated rings. The van der Waals surface area contributed by atoms with Gasteiger partial charge in [-0.05, 0) is 24.4 Å². The van der Waals surface area contributed by atoms with E-state index in [1.54, 1.807) is 0 Å². The van der Waals surface area contributed by atoms with E-state index in [-0.39, 0.29) is 5.92 Å². The zero-order valence-electron chi connectivity index (χ0n) is 8.84. The molecule has 0 aromatic rings. The van der Waals surface area contributed by atoms with Crippen LogP contribution in [0.3, 0.4) is 0 Å². The maximum atomic E-state index is 5.84. The SMILES string of the molecule is ClC1=NCC2C=NN(C3CCOCC3)C2=N1. The van der Waals surface area contributed by atoms with Gasteiger partial charge in [-0.1, -0.05) is 0 Å². The third-order valence-electron chi connectivity index (χ3n) is 3.10. The highest BCUT2D eigenvalue weighted by molar-refractivity contribution is 6.65. The summed E-state index contributed by atoms with van der Waals surface area (Å²) in [6.07, 6.45) is 3.91. The number of rotatable bonds is 1. The summed E-state index contributed by atoms with van der Waals surface area (Å²) < 4.78 is 5.35. The summed E-state index contributed by atoms with van der Waals surface area (Å²) in [6.45, 7) is 2.27. The van der Waals surface area contributed by atoms with Crippen LogP contribution in [0.15, 0.2) is 15.1 Å². The van der Waals surface area contributed by atoms with Gasteiger partial charge in [-0.25, -0.2) is 10.0 Å². The summed E-state index contributed by atoms with van der Waals surface area (Å²) >= 11 is 5.84. The molecule has 0 spiro atoms. The van der Waals surface area contributed by atoms with Crippen LogP contribution in [-0.4, -0.2) is 48.2 Å². The van der Waals surface area contributed by atoms with Crippen LogP contribution in [0.1, 0.15) is 12.8 Å². The van der Waals surface area contributed by atoms with E-state index in [4.69, 9.17) is 16.3 Å². The van der Waals surface area contributed by atoms with Crippen LogP contribution in [0.25, 0.3) is 0 Å². The highest BCUT2D eigenvalue weighted by atomic mass is 35.5. The van der Waals surface area contributed by atoms with E-state index in [2.05, 4.69) is 15.1 Å². The molecule has 16 heavy (non-hydrogen) atoms. The van der Waals surface area contributed by atoms with Crippen molar-refractivity contribution in [2.75, 3.05) is 19.8 Å². The fourth-order valence-corrected chi connectivity index (χ4v) is 2.38. The number of hydrazone groups is 1. The topological polar surface area (TPSA) is 49.5 Å². The second kappa shape index (κ2) is 4.14. The third-order valence-corrected chi connectivity index (χ3v) is 3.30. The molecule has 0 aliphatic carbocycles. The Morgan fingerprint density at radius 2 is 2.19 bits per heavy atom. The van der Waals surface area contributed by atoms with Crippen molar-refractivity contribution in [1.82, 2.24) is 5.01 Å². The van der Waals surface area contributed by atoms with Gasteiger partial charge in [-0.3, -0.25) is 4.99 Å². The average molecular weight is 241 g/mol. The molecule has 5 nitrogen and oxygen atoms in total. The van der Waals surface area contributed by atoms with Crippen molar-refractivity contribution in [1.29, 1.82) is 0 Å². The van der Waals surface area contributed by atoms with Gasteiger partial charge in [-0.2, -0.15) is 5.10 Å². The lowest BCUT2D eigenvalue weighted by atomic mass is 10.1. The van der Waals surface area contributed by atoms with Crippen LogP contribution >= 0.6 is 11.6 Å². The van der Waals surface area contributed by atoms with Gasteiger partial charge in [0.25, 0.3) is 0 Å². The highest BCUT2D eigenvalue weighted by Gasteiger charge is 2.34. The number of aliphatic imine (C=N–C) groups is 2. The molecule has 0 N–H and O–H groups in total. The Morgan fingerprint density at radius 3 is 3.00 bits per heavy atom. The molecular formula is C10H13ClN4O. The molecule has 0 bridgehead atoms. The zero-order chi connectivity index (χ0) is 11.0. The van der Waals surface area contributed by atoms with Gasteiger partial charge in [0.2, 0.25) is 5.29 Å². The lowest BCUT2D eigenvalue weighted by Crippen LogP contribution is -2.41. The van der Waals surface area contributed by atoms with Gasteiger partial charge in [0, 0.05) is 19.4 Å². The second-order valence-electron chi connectivity index (χ2n) is 4.14. The van der Waals surface area contributed by atoms with E-state index in [9.17, 15) is 0 Å². The van der Waals surface area contributed by atoms with Crippen LogP contribution in [0.4, 0.5) is 0 Å². The van der Waals surface area contributed by atoms with Crippen LogP contribution in [0, 0.1) is 5.92 Å². The highest BCUT2D eigenvalue weighted by Crippen LogP contribution is 2.24. The Labute approximate surface area is 98.8 Å². The molecule has 3 aliphatic heterocycles. The number of nitrogens with zero attached hydrogens (tertiary/aromatic N) is 4. The Morgan fingerprint density at radius 1 is 1.38 bits per heavy atom. The molecule has 6 heteroatoms. The molecule has 1 unspecified atom stereocenters. The van der Waals surface area contributed by atoms with E-state index in [0.29, 0.717) is 17.9 Å². The molecule has 0 aromatic heterocycles. The van der Waals surface area contributed by atoms with Gasteiger partial charge in [0.05, 0.1) is 18.5 Å². The first kappa shape index (κ1) is 10.2. The van der Waals surface area contributed by atoms with Gasteiger partial charge in [-0.15, -0.1) is 0 Å². The quantitative estimate of drug-likeness (QED) is 0.645. The number of ether oxygens (including phenoxy) is 1. The minimum absolute atomic E-state index is 0.213. The van der Waals surface area contributed by atoms with Gasteiger partial charge in [0.1, 0.15) is 5.84 Å². The third kappa shape index (κ3) is 1.74. The van der Waals surface area contributed by atoms with E-state index < -0.39 is 0 Å². The van der Waals surface area contributed by atoms with Crippen molar-refractivity contribution in [3.63, 3.8) is 0 Å². The molecule has 3 aliphatic rings. The number of halogens is 1. The molecule has 0 aromatic carbocycles. The fraction of sp³-hybridized carbons (Fsp3) is 0.700. The van der Waals surface area contributed by atoms with Crippen LogP contribution < -0.4 is 0 Å². The van der Waals surface area contributed by atoms with Crippen molar-refractivity contribution in [2.45, 2.75) is 18.9 Å². The van der Waals surface area contributed by atoms with E-state index in [0.717, 1.165) is 31.9 Å². The summed E-state index contributed by atoms with van der Waals surface area (Å²) in [5.41, 5.74) is 0. The Bertz CT molecular complexity index is 373. The molecular weight excluding hydrogens is 228 g/mol. The molecule has 3 rings (SSSR count). The Hall–Kier alpha value is -0.940. The standard InChI is InChI=1S/C10H13ClN4O/c11-10-12-5-7-6-13-15(9(7)14-10)8-1-3-16-4-2-8/h6-8H,1-5H2. The fourth-order valence-electron chi connectivity index (χ4n) is 2.23. The van der Waals surface area contributed by atoms with Crippen molar-refractivity contribution in [3.8, 4) is 0 Å². The van der Waals surface area contributed by atoms with Crippen molar-refractivity contribution < 1.29 is 4.74 Å². The van der Waals surface area contributed by atoms with Crippen molar-refractivity contribution >= 4 is 28.9 Å². The van der Waals surface area contributed by atoms with Crippen LogP contribution in [0.5, 0.6) is 0 Å². The lowest BCUT2D eigenvalue weighted by Gasteiger charge is -2.31. The van der Waals surface area contributed by atoms with E-state index >= 15 is 0 Å². The number of hydrogen-bond acceptors (Lipinski definition) is 5. The Balaban J connectivity index is 1.80. The molecule has 0 radical (unpaired) electrons. The largest absolute Gasteiger partial charge is 0.381 e. The second-order valence-corrected chi connectivity index (χ2v) is 4.48. The zero-order valence-corrected chi connectivity index (χ0v) is 9.60. The monoisotopic (exact) mass is 240 g/mol. The first-order chi connectivity index (χ1) is 7.84. The summed E-state index contributed by atoms with van der Waals surface area (Å²) in [5, 5.41) is 6.77. The van der Waals surface area contributed by atoms with Gasteiger partial charge >= 0.3 is 0 Å². The molecule has 1 saturated heterocycles. The number of hydrogen-bond donors (Lipinski definition) is 0. The predicted octanol–water partition coefficient (Wildman–Crippen LogP) is 1.09. The molecule has 3 heterocycles. The average Bonchev–Trinajstić information content (AvgIpc) is 2.73. The minimum Gasteiger partial charge on any atom is -0.381 e. The molecule has 0 saturated carbocycles. The van der Waals surface area contributed by atoms with Gasteiger partial charge < -0.3 is 4.74 Å².